The maximum Gasteiger partial charge on any atom is 0.240 e. The number of benzene rings is 3. The van der Waals surface area contributed by atoms with Crippen molar-refractivity contribution in [2.75, 3.05) is 26.7 Å². The van der Waals surface area contributed by atoms with E-state index in [1.807, 2.05) is 49.4 Å². The first-order valence-corrected chi connectivity index (χ1v) is 22.2. The summed E-state index contributed by atoms with van der Waals surface area (Å²) < 4.78 is 39.0. The van der Waals surface area contributed by atoms with Crippen molar-refractivity contribution >= 4 is 44.5 Å². The molecule has 60 heavy (non-hydrogen) atoms. The average Bonchev–Trinajstić information content (AvgIpc) is 3.70. The van der Waals surface area contributed by atoms with Crippen LogP contribution in [0.2, 0.25) is 5.02 Å². The van der Waals surface area contributed by atoms with E-state index in [9.17, 15) is 23.3 Å². The second-order valence-electron chi connectivity index (χ2n) is 16.5. The molecule has 16 heteroatoms. The zero-order valence-corrected chi connectivity index (χ0v) is 35.2. The van der Waals surface area contributed by atoms with Crippen LogP contribution in [0.4, 0.5) is 0 Å². The molecule has 2 saturated heterocycles. The number of ether oxygens (including phenoxy) is 1. The summed E-state index contributed by atoms with van der Waals surface area (Å²) in [4.78, 5) is 41.3. The Kier molecular flexibility index (Phi) is 10.4. The topological polar surface area (TPSA) is 192 Å². The third kappa shape index (κ3) is 7.19. The number of nitrogens with one attached hydrogen (secondary N) is 3. The number of halogens is 1. The lowest BCUT2D eigenvalue weighted by Crippen LogP contribution is -2.42. The molecule has 0 bridgehead atoms. The van der Waals surface area contributed by atoms with Crippen LogP contribution in [0.3, 0.4) is 0 Å². The molecule has 5 aromatic rings. The first-order valence-electron chi connectivity index (χ1n) is 20.3. The van der Waals surface area contributed by atoms with Gasteiger partial charge in [0.1, 0.15) is 22.8 Å². The minimum atomic E-state index is -3.71. The van der Waals surface area contributed by atoms with Gasteiger partial charge in [-0.05, 0) is 93.3 Å². The molecule has 3 fully saturated rings. The molecule has 2 aromatic heterocycles. The van der Waals surface area contributed by atoms with Crippen molar-refractivity contribution in [1.29, 1.82) is 5.26 Å². The fourth-order valence-electron chi connectivity index (χ4n) is 8.93. The van der Waals surface area contributed by atoms with Crippen molar-refractivity contribution in [2.45, 2.75) is 82.2 Å². The van der Waals surface area contributed by atoms with Crippen LogP contribution in [0.25, 0.3) is 44.9 Å². The predicted octanol–water partition coefficient (Wildman–Crippen LogP) is 6.14. The fourth-order valence-corrected chi connectivity index (χ4v) is 10.6. The van der Waals surface area contributed by atoms with Gasteiger partial charge >= 0.3 is 0 Å². The second kappa shape index (κ2) is 15.6. The zero-order valence-electron chi connectivity index (χ0n) is 33.6. The number of hydrogen-bond acceptors (Lipinski definition) is 12. The number of methoxy groups -OCH3 is 1. The smallest absolute Gasteiger partial charge is 0.240 e. The van der Waals surface area contributed by atoms with Gasteiger partial charge in [-0.1, -0.05) is 41.9 Å². The number of carbonyl (C=O) groups excluding carboxylic acids is 2. The number of nitrogens with zero attached hydrogens (tertiary/aromatic N) is 5. The number of amides is 2. The molecule has 9 rings (SSSR count). The van der Waals surface area contributed by atoms with Crippen molar-refractivity contribution in [1.82, 2.24) is 35.2 Å². The molecule has 4 heterocycles. The Balaban J connectivity index is 0.960. The van der Waals surface area contributed by atoms with Gasteiger partial charge in [0.05, 0.1) is 40.3 Å². The Morgan fingerprint density at radius 2 is 1.87 bits per heavy atom. The summed E-state index contributed by atoms with van der Waals surface area (Å²) in [6, 6.07) is 16.0. The molecule has 1 saturated carbocycles. The van der Waals surface area contributed by atoms with Crippen molar-refractivity contribution in [2.24, 2.45) is 5.92 Å². The predicted molar refractivity (Wildman–Crippen MR) is 225 cm³/mol. The van der Waals surface area contributed by atoms with Crippen LogP contribution in [-0.4, -0.2) is 77.6 Å². The summed E-state index contributed by atoms with van der Waals surface area (Å²) in [5.74, 6) is -0.104. The largest absolute Gasteiger partial charge is 0.480 e. The molecular formula is C44H45ClN8O6S. The van der Waals surface area contributed by atoms with E-state index >= 15 is 0 Å². The number of likely N-dealkylation sites (tertiary alicyclic amines) is 1. The van der Waals surface area contributed by atoms with E-state index in [0.717, 1.165) is 46.2 Å². The van der Waals surface area contributed by atoms with Crippen molar-refractivity contribution < 1.29 is 27.2 Å². The molecule has 14 nitrogen and oxygen atoms in total. The van der Waals surface area contributed by atoms with E-state index in [2.05, 4.69) is 31.3 Å². The number of nitriles is 1. The summed E-state index contributed by atoms with van der Waals surface area (Å²) >= 11 is 7.22. The minimum absolute atomic E-state index is 0.0427. The van der Waals surface area contributed by atoms with Gasteiger partial charge in [0.15, 0.2) is 5.58 Å². The molecule has 2 amide bonds. The van der Waals surface area contributed by atoms with E-state index in [1.165, 1.54) is 0 Å². The highest BCUT2D eigenvalue weighted by Gasteiger charge is 2.51. The van der Waals surface area contributed by atoms with Gasteiger partial charge < -0.3 is 19.8 Å². The highest BCUT2D eigenvalue weighted by molar-refractivity contribution is 7.91. The van der Waals surface area contributed by atoms with Gasteiger partial charge in [-0.2, -0.15) is 5.26 Å². The van der Waals surface area contributed by atoms with E-state index in [0.29, 0.717) is 109 Å². The molecular weight excluding hydrogens is 804 g/mol. The number of sulfonamides is 1. The average molecular weight is 849 g/mol. The van der Waals surface area contributed by atoms with Crippen LogP contribution >= 0.6 is 11.6 Å². The number of fused-ring (bicyclic) bond motifs is 2. The van der Waals surface area contributed by atoms with E-state index in [1.54, 1.807) is 20.2 Å². The molecule has 310 valence electrons. The standard InChI is InChI=1S/C44H45ClN8O6S/c1-24-27(6-4-7-28(24)35-22-48-36(43(51-35)58-3)21-47-20-26-10-13-38(54)49-26)30-8-5-9-31(39(30)45)42-50-34-18-32-29(33(19-46)40(34)59-42)11-12-37(32)53-17-14-25(23-53)41(55)52-60(56,57)44(2)15-16-44/h4-9,18,22,25-26,37,47H,10-17,20-21,23H2,1-3H3,(H,49,54)(H,52,55)/t25-,26+,37?/m1/s1. The third-order valence-corrected chi connectivity index (χ3v) is 15.3. The summed E-state index contributed by atoms with van der Waals surface area (Å²) in [5.41, 5.74) is 8.61. The van der Waals surface area contributed by atoms with Crippen LogP contribution in [0.1, 0.15) is 79.4 Å². The lowest BCUT2D eigenvalue weighted by molar-refractivity contribution is -0.123. The van der Waals surface area contributed by atoms with E-state index in [-0.39, 0.29) is 18.0 Å². The Bertz CT molecular complexity index is 2730. The number of aromatic nitrogens is 3. The highest BCUT2D eigenvalue weighted by atomic mass is 35.5. The van der Waals surface area contributed by atoms with Crippen molar-refractivity contribution in [3.8, 4) is 45.8 Å². The van der Waals surface area contributed by atoms with Gasteiger partial charge in [0.2, 0.25) is 33.6 Å². The molecule has 2 aliphatic heterocycles. The van der Waals surface area contributed by atoms with E-state index < -0.39 is 26.6 Å². The molecule has 3 aromatic carbocycles. The molecule has 2 aliphatic carbocycles. The number of carbonyl (C=O) groups is 2. The first-order chi connectivity index (χ1) is 28.9. The first kappa shape index (κ1) is 40.0. The SMILES string of the molecule is COc1nc(-c2cccc(-c3cccc(-c4nc5cc6c(c(C#N)c5o4)CCC6N4CC[C@@H](C(=O)NS(=O)(=O)C5(C)CC5)C4)c3Cl)c2C)cnc1CNC[C@@H]1CCC(=O)N1. The van der Waals surface area contributed by atoms with Gasteiger partial charge in [0, 0.05) is 49.3 Å². The summed E-state index contributed by atoms with van der Waals surface area (Å²) in [6.45, 7) is 5.82. The van der Waals surface area contributed by atoms with Gasteiger partial charge in [-0.3, -0.25) is 24.2 Å². The summed E-state index contributed by atoms with van der Waals surface area (Å²) in [7, 11) is -2.14. The minimum Gasteiger partial charge on any atom is -0.480 e. The fraction of sp³-hybridized carbons (Fsp3) is 0.409. The second-order valence-corrected chi connectivity index (χ2v) is 19.1. The van der Waals surface area contributed by atoms with Crippen LogP contribution in [-0.2, 0) is 32.6 Å². The Morgan fingerprint density at radius 1 is 1.10 bits per heavy atom. The quantitative estimate of drug-likeness (QED) is 0.130. The Labute approximate surface area is 353 Å². The number of hydrogen-bond donors (Lipinski definition) is 3. The molecule has 1 unspecified atom stereocenters. The van der Waals surface area contributed by atoms with Crippen LogP contribution in [0.15, 0.2) is 53.1 Å². The Morgan fingerprint density at radius 3 is 2.60 bits per heavy atom. The van der Waals surface area contributed by atoms with Crippen molar-refractivity contribution in [3.05, 3.63) is 81.6 Å². The monoisotopic (exact) mass is 848 g/mol. The van der Waals surface area contributed by atoms with Gasteiger partial charge in [-0.15, -0.1) is 0 Å². The molecule has 3 atom stereocenters. The van der Waals surface area contributed by atoms with Crippen LogP contribution in [0.5, 0.6) is 5.88 Å². The Hall–Kier alpha value is -5.40. The molecule has 0 spiro atoms. The van der Waals surface area contributed by atoms with Gasteiger partial charge in [-0.25, -0.2) is 18.4 Å². The van der Waals surface area contributed by atoms with Gasteiger partial charge in [0.25, 0.3) is 0 Å². The lowest BCUT2D eigenvalue weighted by atomic mass is 9.94. The normalized spacial score (nSPS) is 20.9. The zero-order chi connectivity index (χ0) is 41.9. The summed E-state index contributed by atoms with van der Waals surface area (Å²) in [5, 5.41) is 17.2. The van der Waals surface area contributed by atoms with Crippen LogP contribution in [0, 0.1) is 24.2 Å². The molecule has 4 aliphatic rings. The third-order valence-electron chi connectivity index (χ3n) is 12.7. The highest BCUT2D eigenvalue weighted by Crippen LogP contribution is 2.46. The maximum absolute atomic E-state index is 13.1. The number of rotatable bonds is 12. The number of oxazole rings is 1. The lowest BCUT2D eigenvalue weighted by Gasteiger charge is -2.25. The maximum atomic E-state index is 13.1. The van der Waals surface area contributed by atoms with Crippen molar-refractivity contribution in [3.63, 3.8) is 0 Å². The van der Waals surface area contributed by atoms with Crippen LogP contribution < -0.4 is 20.1 Å². The molecule has 0 radical (unpaired) electrons. The van der Waals surface area contributed by atoms with E-state index in [4.69, 9.17) is 30.7 Å². The summed E-state index contributed by atoms with van der Waals surface area (Å²) in [6.07, 6.45) is 6.19. The molecule has 3 N–H and O–H groups in total.